The fourth-order valence-electron chi connectivity index (χ4n) is 3.02. The van der Waals surface area contributed by atoms with Gasteiger partial charge in [0.15, 0.2) is 12.2 Å². The number of non-ortho nitro benzene ring substituents is 1. The highest BCUT2D eigenvalue weighted by Gasteiger charge is 2.13. The monoisotopic (exact) mass is 450 g/mol. The van der Waals surface area contributed by atoms with Crippen molar-refractivity contribution in [1.82, 2.24) is 4.98 Å². The van der Waals surface area contributed by atoms with E-state index in [9.17, 15) is 14.9 Å². The molecule has 0 aliphatic carbocycles. The zero-order valence-corrected chi connectivity index (χ0v) is 17.0. The van der Waals surface area contributed by atoms with Crippen molar-refractivity contribution in [3.05, 3.63) is 101 Å². The number of rotatable bonds is 5. The van der Waals surface area contributed by atoms with Gasteiger partial charge in [-0.15, -0.1) is 17.0 Å². The lowest BCUT2D eigenvalue weighted by Crippen LogP contribution is -2.37. The molecule has 0 atom stereocenters. The zero-order valence-electron chi connectivity index (χ0n) is 15.3. The summed E-state index contributed by atoms with van der Waals surface area (Å²) >= 11 is 0. The summed E-state index contributed by atoms with van der Waals surface area (Å²) in [7, 11) is 0. The third kappa shape index (κ3) is 4.52. The van der Waals surface area contributed by atoms with Gasteiger partial charge in [0.05, 0.1) is 11.1 Å². The molecule has 0 saturated heterocycles. The lowest BCUT2D eigenvalue weighted by atomic mass is 10.1. The average molecular weight is 451 g/mol. The molecule has 0 bridgehead atoms. The number of fused-ring (bicyclic) bond motifs is 1. The highest BCUT2D eigenvalue weighted by molar-refractivity contribution is 8.93. The molecule has 7 heteroatoms. The second-order valence-electron chi connectivity index (χ2n) is 6.41. The number of hydrogen-bond donors (Lipinski definition) is 0. The highest BCUT2D eigenvalue weighted by atomic mass is 79.9. The van der Waals surface area contributed by atoms with Gasteiger partial charge in [-0.05, 0) is 40.0 Å². The Kier molecular flexibility index (Phi) is 6.09. The topological polar surface area (TPSA) is 77.0 Å². The van der Waals surface area contributed by atoms with Gasteiger partial charge >= 0.3 is 0 Å². The molecule has 0 aliphatic rings. The Hall–Kier alpha value is -3.45. The Morgan fingerprint density at radius 2 is 1.69 bits per heavy atom. The first-order valence-corrected chi connectivity index (χ1v) is 8.72. The number of nitro groups is 1. The summed E-state index contributed by atoms with van der Waals surface area (Å²) in [5.41, 5.74) is 2.22. The quantitative estimate of drug-likeness (QED) is 0.193. The molecule has 0 fully saturated rings. The van der Waals surface area contributed by atoms with E-state index in [4.69, 9.17) is 0 Å². The van der Waals surface area contributed by atoms with Crippen LogP contribution in [-0.4, -0.2) is 15.7 Å². The summed E-state index contributed by atoms with van der Waals surface area (Å²) in [6.07, 6.45) is 3.43. The largest absolute Gasteiger partial charge is 0.290 e. The summed E-state index contributed by atoms with van der Waals surface area (Å²) in [5, 5.41) is 13.0. The number of Topliss-reactive ketones (excluding diaryl/α,β-unsaturated/α-hetero) is 1. The maximum Gasteiger partial charge on any atom is 0.287 e. The van der Waals surface area contributed by atoms with Gasteiger partial charge in [-0.1, -0.05) is 30.3 Å². The van der Waals surface area contributed by atoms with Crippen LogP contribution in [0.2, 0.25) is 0 Å². The van der Waals surface area contributed by atoms with Gasteiger partial charge in [0.25, 0.3) is 12.0 Å². The van der Waals surface area contributed by atoms with E-state index in [2.05, 4.69) is 29.2 Å². The van der Waals surface area contributed by atoms with Gasteiger partial charge < -0.3 is 0 Å². The van der Waals surface area contributed by atoms with Crippen molar-refractivity contribution in [2.24, 2.45) is 0 Å². The Labute approximate surface area is 177 Å². The Morgan fingerprint density at radius 3 is 2.34 bits per heavy atom. The number of hydrogen-bond acceptors (Lipinski definition) is 4. The normalized spacial score (nSPS) is 10.3. The maximum absolute atomic E-state index is 12.4. The van der Waals surface area contributed by atoms with E-state index in [1.807, 2.05) is 24.3 Å². The van der Waals surface area contributed by atoms with Gasteiger partial charge in [-0.2, -0.15) is 0 Å². The molecule has 144 valence electrons. The third-order valence-corrected chi connectivity index (χ3v) is 4.54. The minimum atomic E-state index is -0.488. The molecule has 0 amide bonds. The van der Waals surface area contributed by atoms with Crippen molar-refractivity contribution in [3.8, 4) is 11.3 Å². The molecule has 29 heavy (non-hydrogen) atoms. The molecule has 0 unspecified atom stereocenters. The van der Waals surface area contributed by atoms with Crippen LogP contribution in [0.25, 0.3) is 22.0 Å². The molecule has 4 rings (SSSR count). The van der Waals surface area contributed by atoms with Crippen molar-refractivity contribution in [2.75, 3.05) is 0 Å². The molecular weight excluding hydrogens is 434 g/mol. The van der Waals surface area contributed by atoms with Crippen molar-refractivity contribution >= 4 is 39.2 Å². The molecule has 0 N–H and O–H groups in total. The minimum Gasteiger partial charge on any atom is -0.290 e. The molecule has 6 nitrogen and oxygen atoms in total. The van der Waals surface area contributed by atoms with Crippen LogP contribution in [-0.2, 0) is 6.54 Å². The molecule has 1 heterocycles. The van der Waals surface area contributed by atoms with Crippen molar-refractivity contribution in [1.29, 1.82) is 0 Å². The van der Waals surface area contributed by atoms with E-state index in [1.165, 1.54) is 29.7 Å². The second kappa shape index (κ2) is 8.70. The van der Waals surface area contributed by atoms with Crippen molar-refractivity contribution < 1.29 is 14.3 Å². The SMILES string of the molecule is Br.O=C(C[n+]1ccc(-c2ccc3ccccc3c2)nc1)c1ccc([N+](=O)[O-])cc1. The Balaban J connectivity index is 0.00000240. The lowest BCUT2D eigenvalue weighted by molar-refractivity contribution is -0.686. The molecule has 1 aromatic heterocycles. The highest BCUT2D eigenvalue weighted by Crippen LogP contribution is 2.22. The van der Waals surface area contributed by atoms with Crippen LogP contribution in [0, 0.1) is 10.1 Å². The van der Waals surface area contributed by atoms with E-state index in [0.29, 0.717) is 5.56 Å². The van der Waals surface area contributed by atoms with Gasteiger partial charge in [0, 0.05) is 29.3 Å². The average Bonchev–Trinajstić information content (AvgIpc) is 2.74. The summed E-state index contributed by atoms with van der Waals surface area (Å²) < 4.78 is 1.69. The first-order chi connectivity index (χ1) is 13.6. The minimum absolute atomic E-state index is 0. The van der Waals surface area contributed by atoms with Crippen molar-refractivity contribution in [3.63, 3.8) is 0 Å². The maximum atomic E-state index is 12.4. The molecule has 0 saturated carbocycles. The second-order valence-corrected chi connectivity index (χ2v) is 6.41. The standard InChI is InChI=1S/C22H16N3O3.BrH/c26-22(17-7-9-20(10-8-17)25(27)28)14-24-12-11-21(23-15-24)19-6-5-16-3-1-2-4-18(16)13-19;/h1-13,15H,14H2;1H/q+1;. The van der Waals surface area contributed by atoms with E-state index >= 15 is 0 Å². The van der Waals surface area contributed by atoms with Gasteiger partial charge in [0.2, 0.25) is 5.78 Å². The van der Waals surface area contributed by atoms with E-state index < -0.39 is 4.92 Å². The predicted octanol–water partition coefficient (Wildman–Crippen LogP) is 4.56. The number of ketones is 1. The summed E-state index contributed by atoms with van der Waals surface area (Å²) in [4.78, 5) is 27.1. The molecule has 3 aromatic carbocycles. The van der Waals surface area contributed by atoms with Gasteiger partial charge in [-0.25, -0.2) is 4.57 Å². The van der Waals surface area contributed by atoms with Crippen LogP contribution in [0.15, 0.2) is 85.3 Å². The number of carbonyl (C=O) groups excluding carboxylic acids is 1. The van der Waals surface area contributed by atoms with Crippen LogP contribution in [0.3, 0.4) is 0 Å². The summed E-state index contributed by atoms with van der Waals surface area (Å²) in [6, 6.07) is 21.8. The molecule has 0 radical (unpaired) electrons. The van der Waals surface area contributed by atoms with E-state index in [-0.39, 0.29) is 35.0 Å². The number of aromatic nitrogens is 2. The number of nitro benzene ring substituents is 1. The van der Waals surface area contributed by atoms with Gasteiger partial charge in [-0.3, -0.25) is 14.9 Å². The number of benzene rings is 3. The molecule has 4 aromatic rings. The Bertz CT molecular complexity index is 1180. The number of carbonyl (C=O) groups is 1. The Morgan fingerprint density at radius 1 is 0.966 bits per heavy atom. The third-order valence-electron chi connectivity index (χ3n) is 4.54. The zero-order chi connectivity index (χ0) is 19.5. The first-order valence-electron chi connectivity index (χ1n) is 8.72. The van der Waals surface area contributed by atoms with Crippen LogP contribution in [0.5, 0.6) is 0 Å². The summed E-state index contributed by atoms with van der Waals surface area (Å²) in [5.74, 6) is -0.139. The fraction of sp³-hybridized carbons (Fsp3) is 0.0455. The lowest BCUT2D eigenvalue weighted by Gasteiger charge is -2.02. The van der Waals surface area contributed by atoms with Crippen LogP contribution in [0.4, 0.5) is 5.69 Å². The number of nitrogens with zero attached hydrogens (tertiary/aromatic N) is 3. The molecule has 0 aliphatic heterocycles. The van der Waals surface area contributed by atoms with E-state index in [1.54, 1.807) is 17.1 Å². The summed E-state index contributed by atoms with van der Waals surface area (Å²) in [6.45, 7) is 0.114. The smallest absolute Gasteiger partial charge is 0.287 e. The predicted molar refractivity (Wildman–Crippen MR) is 115 cm³/mol. The van der Waals surface area contributed by atoms with Crippen molar-refractivity contribution in [2.45, 2.75) is 6.54 Å². The van der Waals surface area contributed by atoms with Crippen LogP contribution >= 0.6 is 17.0 Å². The van der Waals surface area contributed by atoms with Crippen LogP contribution in [0.1, 0.15) is 10.4 Å². The number of halogens is 1. The van der Waals surface area contributed by atoms with Gasteiger partial charge in [0.1, 0.15) is 0 Å². The van der Waals surface area contributed by atoms with E-state index in [0.717, 1.165) is 16.6 Å². The first kappa shape index (κ1) is 20.3. The fourth-order valence-corrected chi connectivity index (χ4v) is 3.02. The molecule has 0 spiro atoms. The van der Waals surface area contributed by atoms with Crippen LogP contribution < -0.4 is 4.57 Å². The molecular formula is C22H17BrN3O3+.